The van der Waals surface area contributed by atoms with Crippen LogP contribution in [-0.4, -0.2) is 36.7 Å². The Kier molecular flexibility index (Phi) is 6.31. The van der Waals surface area contributed by atoms with Crippen molar-refractivity contribution in [2.75, 3.05) is 13.7 Å². The molecule has 0 aliphatic carbocycles. The van der Waals surface area contributed by atoms with Crippen molar-refractivity contribution in [2.45, 2.75) is 12.5 Å². The molecule has 0 aliphatic heterocycles. The van der Waals surface area contributed by atoms with E-state index in [2.05, 4.69) is 21.2 Å². The van der Waals surface area contributed by atoms with E-state index in [0.717, 1.165) is 0 Å². The van der Waals surface area contributed by atoms with Gasteiger partial charge in [0, 0.05) is 26.2 Å². The number of hydrogen-bond acceptors (Lipinski definition) is 4. The van der Waals surface area contributed by atoms with Crippen LogP contribution in [0, 0.1) is 0 Å². The van der Waals surface area contributed by atoms with E-state index in [1.165, 1.54) is 19.3 Å². The highest BCUT2D eigenvalue weighted by Crippen LogP contribution is 2.14. The molecule has 1 atom stereocenters. The van der Waals surface area contributed by atoms with Gasteiger partial charge >= 0.3 is 5.97 Å². The molecule has 1 unspecified atom stereocenters. The van der Waals surface area contributed by atoms with Crippen molar-refractivity contribution in [1.82, 2.24) is 5.32 Å². The molecule has 0 saturated heterocycles. The third kappa shape index (κ3) is 5.71. The molecule has 19 heavy (non-hydrogen) atoms. The Hall–Kier alpha value is -1.60. The van der Waals surface area contributed by atoms with E-state index in [1.807, 2.05) is 0 Å². The molecule has 0 saturated carbocycles. The molecule has 0 aromatic carbocycles. The smallest absolute Gasteiger partial charge is 0.326 e. The number of carboxylic acid groups (broad SMARTS) is 1. The van der Waals surface area contributed by atoms with Crippen LogP contribution in [0.3, 0.4) is 0 Å². The number of rotatable bonds is 7. The Bertz CT molecular complexity index is 468. The van der Waals surface area contributed by atoms with Gasteiger partial charge in [0.2, 0.25) is 5.91 Å². The number of nitrogens with one attached hydrogen (secondary N) is 1. The highest BCUT2D eigenvalue weighted by Gasteiger charge is 2.18. The first kappa shape index (κ1) is 15.5. The molecule has 1 rings (SSSR count). The average molecular weight is 332 g/mol. The van der Waals surface area contributed by atoms with Crippen molar-refractivity contribution in [3.05, 3.63) is 28.6 Å². The predicted octanol–water partition coefficient (Wildman–Crippen LogP) is 1.66. The number of carboxylic acids is 1. The van der Waals surface area contributed by atoms with E-state index in [0.29, 0.717) is 10.4 Å². The second-order valence-electron chi connectivity index (χ2n) is 3.66. The number of furan rings is 1. The summed E-state index contributed by atoms with van der Waals surface area (Å²) in [5, 5.41) is 11.3. The summed E-state index contributed by atoms with van der Waals surface area (Å²) in [6.45, 7) is 0.256. The van der Waals surface area contributed by atoms with Crippen LogP contribution in [0.5, 0.6) is 0 Å². The van der Waals surface area contributed by atoms with Crippen LogP contribution in [0.15, 0.2) is 27.3 Å². The van der Waals surface area contributed by atoms with Gasteiger partial charge in [-0.05, 0) is 34.1 Å². The SMILES string of the molecule is COCCC(NC(=O)C=Cc1ccc(Br)o1)C(=O)O. The van der Waals surface area contributed by atoms with Crippen molar-refractivity contribution < 1.29 is 23.8 Å². The fourth-order valence-corrected chi connectivity index (χ4v) is 1.61. The maximum absolute atomic E-state index is 11.5. The number of carbonyl (C=O) groups is 2. The Balaban J connectivity index is 2.52. The third-order valence-electron chi connectivity index (χ3n) is 2.22. The zero-order chi connectivity index (χ0) is 14.3. The number of aliphatic carboxylic acids is 1. The van der Waals surface area contributed by atoms with Gasteiger partial charge in [0.15, 0.2) is 4.67 Å². The topological polar surface area (TPSA) is 88.8 Å². The summed E-state index contributed by atoms with van der Waals surface area (Å²) in [6.07, 6.45) is 2.88. The Morgan fingerprint density at radius 2 is 2.32 bits per heavy atom. The zero-order valence-corrected chi connectivity index (χ0v) is 11.8. The lowest BCUT2D eigenvalue weighted by Gasteiger charge is -2.12. The average Bonchev–Trinajstić information content (AvgIpc) is 2.77. The van der Waals surface area contributed by atoms with Crippen LogP contribution in [-0.2, 0) is 14.3 Å². The normalized spacial score (nSPS) is 12.5. The molecular weight excluding hydrogens is 318 g/mol. The summed E-state index contributed by atoms with van der Waals surface area (Å²) in [4.78, 5) is 22.4. The molecule has 1 amide bonds. The lowest BCUT2D eigenvalue weighted by atomic mass is 10.2. The molecule has 0 spiro atoms. The summed E-state index contributed by atoms with van der Waals surface area (Å²) in [7, 11) is 1.47. The van der Waals surface area contributed by atoms with Crippen LogP contribution in [0.4, 0.5) is 0 Å². The van der Waals surface area contributed by atoms with Gasteiger partial charge in [0.05, 0.1) is 0 Å². The molecule has 0 aliphatic rings. The molecule has 2 N–H and O–H groups in total. The lowest BCUT2D eigenvalue weighted by molar-refractivity contribution is -0.141. The highest BCUT2D eigenvalue weighted by atomic mass is 79.9. The van der Waals surface area contributed by atoms with Gasteiger partial charge in [0.25, 0.3) is 0 Å². The summed E-state index contributed by atoms with van der Waals surface area (Å²) >= 11 is 3.13. The second kappa shape index (κ2) is 7.75. The molecule has 1 aromatic heterocycles. The van der Waals surface area contributed by atoms with Crippen molar-refractivity contribution >= 4 is 33.9 Å². The molecule has 1 aromatic rings. The van der Waals surface area contributed by atoms with Crippen LogP contribution >= 0.6 is 15.9 Å². The monoisotopic (exact) mass is 331 g/mol. The molecule has 0 fully saturated rings. The minimum absolute atomic E-state index is 0.206. The van der Waals surface area contributed by atoms with Crippen LogP contribution in [0.2, 0.25) is 0 Å². The highest BCUT2D eigenvalue weighted by molar-refractivity contribution is 9.10. The Morgan fingerprint density at radius 3 is 2.84 bits per heavy atom. The van der Waals surface area contributed by atoms with Crippen molar-refractivity contribution in [1.29, 1.82) is 0 Å². The van der Waals surface area contributed by atoms with Crippen molar-refractivity contribution in [3.63, 3.8) is 0 Å². The first-order valence-corrected chi connectivity index (χ1v) is 6.28. The first-order valence-electron chi connectivity index (χ1n) is 5.48. The van der Waals surface area contributed by atoms with E-state index in [-0.39, 0.29) is 13.0 Å². The van der Waals surface area contributed by atoms with Crippen LogP contribution in [0.25, 0.3) is 6.08 Å². The standard InChI is InChI=1S/C12H14BrNO5/c1-18-7-6-9(12(16)17)14-11(15)5-3-8-2-4-10(13)19-8/h2-5,9H,6-7H2,1H3,(H,14,15)(H,16,17). The van der Waals surface area contributed by atoms with E-state index in [4.69, 9.17) is 14.3 Å². The van der Waals surface area contributed by atoms with Gasteiger partial charge in [0.1, 0.15) is 11.8 Å². The van der Waals surface area contributed by atoms with Gasteiger partial charge < -0.3 is 19.6 Å². The summed E-state index contributed by atoms with van der Waals surface area (Å²) in [6, 6.07) is 2.39. The largest absolute Gasteiger partial charge is 0.480 e. The summed E-state index contributed by atoms with van der Waals surface area (Å²) in [5.41, 5.74) is 0. The van der Waals surface area contributed by atoms with Gasteiger partial charge in [-0.2, -0.15) is 0 Å². The van der Waals surface area contributed by atoms with Gasteiger partial charge in [-0.3, -0.25) is 4.79 Å². The second-order valence-corrected chi connectivity index (χ2v) is 4.44. The summed E-state index contributed by atoms with van der Waals surface area (Å²) in [5.74, 6) is -1.11. The molecule has 0 radical (unpaired) electrons. The van der Waals surface area contributed by atoms with Gasteiger partial charge in [-0.25, -0.2) is 4.79 Å². The fraction of sp³-hybridized carbons (Fsp3) is 0.333. The van der Waals surface area contributed by atoms with Crippen molar-refractivity contribution in [3.8, 4) is 0 Å². The number of carbonyl (C=O) groups excluding carboxylic acids is 1. The fourth-order valence-electron chi connectivity index (χ4n) is 1.29. The van der Waals surface area contributed by atoms with Gasteiger partial charge in [-0.1, -0.05) is 0 Å². The predicted molar refractivity (Wildman–Crippen MR) is 71.5 cm³/mol. The van der Waals surface area contributed by atoms with Crippen LogP contribution < -0.4 is 5.32 Å². The number of ether oxygens (including phenoxy) is 1. The lowest BCUT2D eigenvalue weighted by Crippen LogP contribution is -2.40. The van der Waals surface area contributed by atoms with Crippen molar-refractivity contribution in [2.24, 2.45) is 0 Å². The minimum atomic E-state index is -1.10. The molecule has 1 heterocycles. The maximum Gasteiger partial charge on any atom is 0.326 e. The molecular formula is C12H14BrNO5. The number of methoxy groups -OCH3 is 1. The third-order valence-corrected chi connectivity index (χ3v) is 2.64. The van der Waals surface area contributed by atoms with E-state index in [1.54, 1.807) is 12.1 Å². The van der Waals surface area contributed by atoms with E-state index < -0.39 is 17.9 Å². The number of halogens is 1. The molecule has 6 nitrogen and oxygen atoms in total. The minimum Gasteiger partial charge on any atom is -0.480 e. The van der Waals surface area contributed by atoms with Gasteiger partial charge in [-0.15, -0.1) is 0 Å². The molecule has 7 heteroatoms. The number of hydrogen-bond donors (Lipinski definition) is 2. The zero-order valence-electron chi connectivity index (χ0n) is 10.3. The Labute approximate surface area is 118 Å². The Morgan fingerprint density at radius 1 is 1.58 bits per heavy atom. The quantitative estimate of drug-likeness (QED) is 0.742. The van der Waals surface area contributed by atoms with E-state index >= 15 is 0 Å². The molecule has 104 valence electrons. The maximum atomic E-state index is 11.5. The first-order chi connectivity index (χ1) is 9.02. The van der Waals surface area contributed by atoms with E-state index in [9.17, 15) is 9.59 Å². The molecule has 0 bridgehead atoms. The number of amides is 1. The summed E-state index contributed by atoms with van der Waals surface area (Å²) < 4.78 is 10.5. The van der Waals surface area contributed by atoms with Crippen LogP contribution in [0.1, 0.15) is 12.2 Å².